The van der Waals surface area contributed by atoms with E-state index < -0.39 is 0 Å². The maximum Gasteiger partial charge on any atom is 0.223 e. The number of rotatable bonds is 2. The van der Waals surface area contributed by atoms with Crippen LogP contribution in [0.3, 0.4) is 0 Å². The van der Waals surface area contributed by atoms with Gasteiger partial charge in [-0.3, -0.25) is 9.59 Å². The van der Waals surface area contributed by atoms with Crippen LogP contribution in [0.2, 0.25) is 0 Å². The van der Waals surface area contributed by atoms with Gasteiger partial charge >= 0.3 is 0 Å². The zero-order valence-electron chi connectivity index (χ0n) is 10.3. The highest BCUT2D eigenvalue weighted by Crippen LogP contribution is 2.30. The van der Waals surface area contributed by atoms with Crippen molar-refractivity contribution in [2.75, 3.05) is 10.6 Å². The van der Waals surface area contributed by atoms with Crippen LogP contribution in [0, 0.1) is 6.92 Å². The van der Waals surface area contributed by atoms with E-state index in [0.717, 1.165) is 21.5 Å². The summed E-state index contributed by atoms with van der Waals surface area (Å²) in [6.07, 6.45) is 0. The number of carbonyl (C=O) groups excluding carboxylic acids is 2. The minimum Gasteiger partial charge on any atom is -0.326 e. The van der Waals surface area contributed by atoms with E-state index in [1.165, 1.54) is 25.2 Å². The molecule has 2 aromatic rings. The van der Waals surface area contributed by atoms with Crippen molar-refractivity contribution in [2.24, 2.45) is 0 Å². The second-order valence-corrected chi connectivity index (χ2v) is 5.05. The summed E-state index contributed by atoms with van der Waals surface area (Å²) in [5.74, 6) is -0.261. The average molecular weight is 263 g/mol. The lowest BCUT2D eigenvalue weighted by Crippen LogP contribution is -2.07. The predicted molar refractivity (Wildman–Crippen MR) is 73.0 cm³/mol. The highest BCUT2D eigenvalue weighted by molar-refractivity contribution is 7.22. The fraction of sp³-hybridized carbons (Fsp3) is 0.250. The summed E-state index contributed by atoms with van der Waals surface area (Å²) in [5.41, 5.74) is 2.48. The molecule has 2 rings (SSSR count). The van der Waals surface area contributed by atoms with Gasteiger partial charge in [-0.15, -0.1) is 0 Å². The standard InChI is InChI=1S/C12H13N3O2S/c1-6-4-11-10(5-9(6)13-7(2)16)15-12(18-11)14-8(3)17/h4-5H,1-3H3,(H,13,16)(H,14,15,17). The topological polar surface area (TPSA) is 71.1 Å². The molecule has 0 unspecified atom stereocenters. The van der Waals surface area contributed by atoms with Gasteiger partial charge in [0.05, 0.1) is 10.2 Å². The Bertz CT molecular complexity index is 634. The first kappa shape index (κ1) is 12.5. The molecule has 2 N–H and O–H groups in total. The third-order valence-electron chi connectivity index (χ3n) is 2.33. The smallest absolute Gasteiger partial charge is 0.223 e. The molecule has 1 heterocycles. The van der Waals surface area contributed by atoms with E-state index in [9.17, 15) is 9.59 Å². The Kier molecular flexibility index (Phi) is 3.29. The van der Waals surface area contributed by atoms with Crippen molar-refractivity contribution < 1.29 is 9.59 Å². The highest BCUT2D eigenvalue weighted by Gasteiger charge is 2.09. The summed E-state index contributed by atoms with van der Waals surface area (Å²) < 4.78 is 0.977. The summed E-state index contributed by atoms with van der Waals surface area (Å²) in [6.45, 7) is 4.83. The first-order chi connectivity index (χ1) is 8.45. The molecule has 94 valence electrons. The maximum absolute atomic E-state index is 11.1. The second-order valence-electron chi connectivity index (χ2n) is 4.02. The number of nitrogens with one attached hydrogen (secondary N) is 2. The van der Waals surface area contributed by atoms with Crippen LogP contribution in [0.5, 0.6) is 0 Å². The number of fused-ring (bicyclic) bond motifs is 1. The second kappa shape index (κ2) is 4.73. The number of hydrogen-bond acceptors (Lipinski definition) is 4. The number of thiazole rings is 1. The van der Waals surface area contributed by atoms with Crippen LogP contribution >= 0.6 is 11.3 Å². The van der Waals surface area contributed by atoms with Crippen molar-refractivity contribution >= 4 is 44.2 Å². The molecule has 0 aliphatic heterocycles. The van der Waals surface area contributed by atoms with E-state index in [4.69, 9.17) is 0 Å². The minimum atomic E-state index is -0.145. The van der Waals surface area contributed by atoms with Crippen molar-refractivity contribution in [1.82, 2.24) is 4.98 Å². The summed E-state index contributed by atoms with van der Waals surface area (Å²) in [7, 11) is 0. The van der Waals surface area contributed by atoms with Gasteiger partial charge in [0, 0.05) is 19.5 Å². The Morgan fingerprint density at radius 3 is 2.44 bits per heavy atom. The molecule has 0 fully saturated rings. The molecule has 0 bridgehead atoms. The molecule has 0 spiro atoms. The third kappa shape index (κ3) is 2.65. The molecule has 2 amide bonds. The van der Waals surface area contributed by atoms with Gasteiger partial charge < -0.3 is 10.6 Å². The lowest BCUT2D eigenvalue weighted by Gasteiger charge is -2.05. The van der Waals surface area contributed by atoms with Gasteiger partial charge in [0.2, 0.25) is 11.8 Å². The van der Waals surface area contributed by atoms with Gasteiger partial charge in [0.1, 0.15) is 0 Å². The fourth-order valence-corrected chi connectivity index (χ4v) is 2.60. The number of benzene rings is 1. The lowest BCUT2D eigenvalue weighted by molar-refractivity contribution is -0.115. The Morgan fingerprint density at radius 2 is 1.83 bits per heavy atom. The number of anilines is 2. The summed E-state index contributed by atoms with van der Waals surface area (Å²) in [6, 6.07) is 3.76. The zero-order valence-corrected chi connectivity index (χ0v) is 11.1. The van der Waals surface area contributed by atoms with Crippen LogP contribution in [0.25, 0.3) is 10.2 Å². The Hall–Kier alpha value is -1.95. The minimum absolute atomic E-state index is 0.116. The average Bonchev–Trinajstić information content (AvgIpc) is 2.57. The molecule has 0 atom stereocenters. The number of aromatic nitrogens is 1. The first-order valence-electron chi connectivity index (χ1n) is 5.42. The summed E-state index contributed by atoms with van der Waals surface area (Å²) in [5, 5.41) is 5.98. The molecular weight excluding hydrogens is 250 g/mol. The van der Waals surface area contributed by atoms with Crippen LogP contribution in [0.1, 0.15) is 19.4 Å². The molecule has 0 aliphatic carbocycles. The molecule has 0 aliphatic rings. The molecule has 0 radical (unpaired) electrons. The van der Waals surface area contributed by atoms with Crippen molar-refractivity contribution in [2.45, 2.75) is 20.8 Å². The van der Waals surface area contributed by atoms with E-state index >= 15 is 0 Å². The quantitative estimate of drug-likeness (QED) is 0.874. The number of hydrogen-bond donors (Lipinski definition) is 2. The van der Waals surface area contributed by atoms with Crippen LogP contribution in [0.15, 0.2) is 12.1 Å². The van der Waals surface area contributed by atoms with Crippen molar-refractivity contribution in [3.8, 4) is 0 Å². The molecule has 0 saturated carbocycles. The van der Waals surface area contributed by atoms with Crippen LogP contribution in [-0.2, 0) is 9.59 Å². The molecule has 6 heteroatoms. The Labute approximate surface area is 108 Å². The first-order valence-corrected chi connectivity index (χ1v) is 6.23. The van der Waals surface area contributed by atoms with Crippen molar-refractivity contribution in [3.63, 3.8) is 0 Å². The van der Waals surface area contributed by atoms with E-state index in [-0.39, 0.29) is 11.8 Å². The normalized spacial score (nSPS) is 10.4. The molecule has 18 heavy (non-hydrogen) atoms. The van der Waals surface area contributed by atoms with Gasteiger partial charge in [0.25, 0.3) is 0 Å². The number of aryl methyl sites for hydroxylation is 1. The lowest BCUT2D eigenvalue weighted by atomic mass is 10.2. The van der Waals surface area contributed by atoms with Gasteiger partial charge in [0.15, 0.2) is 5.13 Å². The summed E-state index contributed by atoms with van der Waals surface area (Å²) >= 11 is 1.41. The van der Waals surface area contributed by atoms with E-state index in [0.29, 0.717) is 5.13 Å². The molecule has 1 aromatic heterocycles. The van der Waals surface area contributed by atoms with Crippen LogP contribution in [-0.4, -0.2) is 16.8 Å². The van der Waals surface area contributed by atoms with E-state index in [1.807, 2.05) is 19.1 Å². The van der Waals surface area contributed by atoms with Gasteiger partial charge in [-0.2, -0.15) is 0 Å². The SMILES string of the molecule is CC(=O)Nc1nc2cc(NC(C)=O)c(C)cc2s1. The number of amides is 2. The predicted octanol–water partition coefficient (Wildman–Crippen LogP) is 2.52. The molecular formula is C12H13N3O2S. The monoisotopic (exact) mass is 263 g/mol. The fourth-order valence-electron chi connectivity index (χ4n) is 1.60. The Balaban J connectivity index is 2.43. The van der Waals surface area contributed by atoms with E-state index in [2.05, 4.69) is 15.6 Å². The van der Waals surface area contributed by atoms with Crippen molar-refractivity contribution in [3.05, 3.63) is 17.7 Å². The third-order valence-corrected chi connectivity index (χ3v) is 3.26. The molecule has 1 aromatic carbocycles. The van der Waals surface area contributed by atoms with Crippen molar-refractivity contribution in [1.29, 1.82) is 0 Å². The largest absolute Gasteiger partial charge is 0.326 e. The number of nitrogens with zero attached hydrogens (tertiary/aromatic N) is 1. The van der Waals surface area contributed by atoms with Gasteiger partial charge in [-0.05, 0) is 24.6 Å². The molecule has 0 saturated heterocycles. The van der Waals surface area contributed by atoms with E-state index in [1.54, 1.807) is 0 Å². The van der Waals surface area contributed by atoms with Crippen LogP contribution < -0.4 is 10.6 Å². The van der Waals surface area contributed by atoms with Gasteiger partial charge in [-0.1, -0.05) is 11.3 Å². The maximum atomic E-state index is 11.1. The Morgan fingerprint density at radius 1 is 1.17 bits per heavy atom. The molecule has 5 nitrogen and oxygen atoms in total. The van der Waals surface area contributed by atoms with Gasteiger partial charge in [-0.25, -0.2) is 4.98 Å². The van der Waals surface area contributed by atoms with Crippen LogP contribution in [0.4, 0.5) is 10.8 Å². The summed E-state index contributed by atoms with van der Waals surface area (Å²) in [4.78, 5) is 26.3. The number of carbonyl (C=O) groups is 2. The highest BCUT2D eigenvalue weighted by atomic mass is 32.1. The zero-order chi connectivity index (χ0) is 13.3.